The lowest BCUT2D eigenvalue weighted by atomic mass is 9.71. The monoisotopic (exact) mass is 495 g/mol. The molecule has 0 N–H and O–H groups in total. The Kier molecular flexibility index (Phi) is 8.38. The van der Waals surface area contributed by atoms with Gasteiger partial charge in [-0.15, -0.1) is 0 Å². The van der Waals surface area contributed by atoms with Gasteiger partial charge in [-0.25, -0.2) is 0 Å². The van der Waals surface area contributed by atoms with E-state index in [2.05, 4.69) is 0 Å². The SMILES string of the molecule is COCCOCC1CN(c2ccc(C#N)c(C(F)(F)F)c2)CC12CCN(C(=O)CC(C)(C)C)CC2. The zero-order valence-corrected chi connectivity index (χ0v) is 21.1. The maximum absolute atomic E-state index is 13.6. The molecule has 2 heterocycles. The maximum Gasteiger partial charge on any atom is 0.417 e. The Morgan fingerprint density at radius 1 is 1.20 bits per heavy atom. The number of rotatable bonds is 7. The van der Waals surface area contributed by atoms with Gasteiger partial charge in [0.1, 0.15) is 0 Å². The van der Waals surface area contributed by atoms with Gasteiger partial charge in [0.05, 0.1) is 37.0 Å². The van der Waals surface area contributed by atoms with E-state index < -0.39 is 11.7 Å². The van der Waals surface area contributed by atoms with E-state index in [1.807, 2.05) is 30.6 Å². The molecule has 0 aliphatic carbocycles. The molecule has 2 aliphatic rings. The highest BCUT2D eigenvalue weighted by molar-refractivity contribution is 5.77. The number of halogens is 3. The van der Waals surface area contributed by atoms with Crippen molar-refractivity contribution in [3.05, 3.63) is 29.3 Å². The Morgan fingerprint density at radius 2 is 1.89 bits per heavy atom. The minimum atomic E-state index is -4.60. The van der Waals surface area contributed by atoms with Crippen LogP contribution in [0.25, 0.3) is 0 Å². The number of benzene rings is 1. The first-order valence-electron chi connectivity index (χ1n) is 12.1. The molecule has 0 saturated carbocycles. The highest BCUT2D eigenvalue weighted by Crippen LogP contribution is 2.47. The predicted molar refractivity (Wildman–Crippen MR) is 127 cm³/mol. The van der Waals surface area contributed by atoms with Gasteiger partial charge in [-0.2, -0.15) is 18.4 Å². The number of anilines is 1. The summed E-state index contributed by atoms with van der Waals surface area (Å²) in [5.41, 5.74) is -1.06. The molecule has 0 radical (unpaired) electrons. The molecular weight excluding hydrogens is 459 g/mol. The van der Waals surface area contributed by atoms with Crippen LogP contribution >= 0.6 is 0 Å². The van der Waals surface area contributed by atoms with Crippen molar-refractivity contribution < 1.29 is 27.4 Å². The second kappa shape index (κ2) is 10.8. The molecule has 35 heavy (non-hydrogen) atoms. The molecule has 6 nitrogen and oxygen atoms in total. The molecule has 1 spiro atoms. The van der Waals surface area contributed by atoms with Crippen molar-refractivity contribution in [2.75, 3.05) is 58.0 Å². The Morgan fingerprint density at radius 3 is 2.46 bits per heavy atom. The zero-order valence-electron chi connectivity index (χ0n) is 21.1. The Hall–Kier alpha value is -2.31. The largest absolute Gasteiger partial charge is 0.417 e. The lowest BCUT2D eigenvalue weighted by molar-refractivity contribution is -0.138. The van der Waals surface area contributed by atoms with Crippen molar-refractivity contribution in [3.63, 3.8) is 0 Å². The van der Waals surface area contributed by atoms with Crippen LogP contribution in [0.5, 0.6) is 0 Å². The molecule has 1 amide bonds. The summed E-state index contributed by atoms with van der Waals surface area (Å²) >= 11 is 0. The van der Waals surface area contributed by atoms with Gasteiger partial charge < -0.3 is 19.3 Å². The fraction of sp³-hybridized carbons (Fsp3) is 0.692. The van der Waals surface area contributed by atoms with Crippen molar-refractivity contribution in [3.8, 4) is 6.07 Å². The molecule has 0 bridgehead atoms. The van der Waals surface area contributed by atoms with E-state index in [-0.39, 0.29) is 28.2 Å². The topological polar surface area (TPSA) is 65.8 Å². The normalized spacial score (nSPS) is 20.3. The van der Waals surface area contributed by atoms with E-state index >= 15 is 0 Å². The van der Waals surface area contributed by atoms with Crippen LogP contribution in [0.15, 0.2) is 18.2 Å². The summed E-state index contributed by atoms with van der Waals surface area (Å²) in [6.07, 6.45) is -2.55. The molecule has 9 heteroatoms. The van der Waals surface area contributed by atoms with Gasteiger partial charge in [0.25, 0.3) is 0 Å². The van der Waals surface area contributed by atoms with Gasteiger partial charge in [0.2, 0.25) is 5.91 Å². The van der Waals surface area contributed by atoms with Gasteiger partial charge in [0, 0.05) is 51.3 Å². The van der Waals surface area contributed by atoms with Crippen LogP contribution in [-0.4, -0.2) is 63.9 Å². The maximum atomic E-state index is 13.6. The number of carbonyl (C=O) groups is 1. The summed E-state index contributed by atoms with van der Waals surface area (Å²) in [5.74, 6) is 0.265. The lowest BCUT2D eigenvalue weighted by Crippen LogP contribution is -2.47. The second-order valence-corrected chi connectivity index (χ2v) is 11.0. The number of nitrogens with zero attached hydrogens (tertiary/aromatic N) is 3. The van der Waals surface area contributed by atoms with E-state index in [4.69, 9.17) is 14.7 Å². The number of methoxy groups -OCH3 is 1. The minimum Gasteiger partial charge on any atom is -0.382 e. The Balaban J connectivity index is 1.79. The second-order valence-electron chi connectivity index (χ2n) is 11.0. The van der Waals surface area contributed by atoms with Crippen molar-refractivity contribution in [1.29, 1.82) is 5.26 Å². The van der Waals surface area contributed by atoms with E-state index in [1.54, 1.807) is 19.2 Å². The molecule has 1 atom stereocenters. The third kappa shape index (κ3) is 6.68. The van der Waals surface area contributed by atoms with Crippen LogP contribution in [0.3, 0.4) is 0 Å². The molecule has 3 rings (SSSR count). The highest BCUT2D eigenvalue weighted by Gasteiger charge is 2.49. The Labute approximate surface area is 206 Å². The van der Waals surface area contributed by atoms with Gasteiger partial charge in [-0.3, -0.25) is 4.79 Å². The molecule has 194 valence electrons. The number of likely N-dealkylation sites (tertiary alicyclic amines) is 1. The van der Waals surface area contributed by atoms with Crippen molar-refractivity contribution in [2.24, 2.45) is 16.7 Å². The predicted octanol–water partition coefficient (Wildman–Crippen LogP) is 4.72. The number of alkyl halides is 3. The quantitative estimate of drug-likeness (QED) is 0.512. The van der Waals surface area contributed by atoms with Crippen molar-refractivity contribution in [2.45, 2.75) is 46.2 Å². The summed E-state index contributed by atoms with van der Waals surface area (Å²) in [6, 6.07) is 5.58. The highest BCUT2D eigenvalue weighted by atomic mass is 19.4. The molecule has 2 aliphatic heterocycles. The van der Waals surface area contributed by atoms with Gasteiger partial charge in [-0.1, -0.05) is 20.8 Å². The third-order valence-electron chi connectivity index (χ3n) is 7.15. The summed E-state index contributed by atoms with van der Waals surface area (Å²) in [5, 5.41) is 9.14. The number of hydrogen-bond acceptors (Lipinski definition) is 5. The van der Waals surface area contributed by atoms with E-state index in [1.165, 1.54) is 6.07 Å². The molecule has 1 aromatic rings. The Bertz CT molecular complexity index is 928. The molecule has 1 aromatic carbocycles. The lowest BCUT2D eigenvalue weighted by Gasteiger charge is -2.43. The van der Waals surface area contributed by atoms with Gasteiger partial charge >= 0.3 is 6.18 Å². The van der Waals surface area contributed by atoms with Crippen LogP contribution in [0.2, 0.25) is 0 Å². The van der Waals surface area contributed by atoms with Gasteiger partial charge in [-0.05, 0) is 41.9 Å². The van der Waals surface area contributed by atoms with Crippen molar-refractivity contribution in [1.82, 2.24) is 4.90 Å². The van der Waals surface area contributed by atoms with E-state index in [9.17, 15) is 18.0 Å². The fourth-order valence-corrected chi connectivity index (χ4v) is 5.22. The van der Waals surface area contributed by atoms with E-state index in [0.717, 1.165) is 18.9 Å². The van der Waals surface area contributed by atoms with Gasteiger partial charge in [0.15, 0.2) is 0 Å². The zero-order chi connectivity index (χ0) is 25.9. The number of nitriles is 1. The first-order chi connectivity index (χ1) is 16.4. The summed E-state index contributed by atoms with van der Waals surface area (Å²) in [7, 11) is 1.61. The molecule has 2 fully saturated rings. The summed E-state index contributed by atoms with van der Waals surface area (Å²) in [6.45, 7) is 9.98. The molecule has 2 saturated heterocycles. The molecular formula is C26H36F3N3O3. The minimum absolute atomic E-state index is 0.0835. The standard InChI is InChI=1S/C26H36F3N3O3/c1-24(2,3)14-23(33)31-9-7-25(8-10-31)18-32(16-20(25)17-35-12-11-34-4)21-6-5-19(15-30)22(13-21)26(27,28)29/h5-6,13,20H,7-12,14,16-18H2,1-4H3. The fourth-order valence-electron chi connectivity index (χ4n) is 5.22. The van der Waals surface area contributed by atoms with Crippen LogP contribution in [0.1, 0.15) is 51.2 Å². The first kappa shape index (κ1) is 27.3. The number of carbonyl (C=O) groups excluding carboxylic acids is 1. The average Bonchev–Trinajstić information content (AvgIpc) is 3.12. The van der Waals surface area contributed by atoms with Crippen molar-refractivity contribution >= 4 is 11.6 Å². The van der Waals surface area contributed by atoms with Crippen LogP contribution in [0.4, 0.5) is 18.9 Å². The number of piperidine rings is 1. The third-order valence-corrected chi connectivity index (χ3v) is 7.15. The molecule has 0 aromatic heterocycles. The number of ether oxygens (including phenoxy) is 2. The van der Waals surface area contributed by atoms with Crippen LogP contribution in [0, 0.1) is 28.1 Å². The van der Waals surface area contributed by atoms with E-state index in [0.29, 0.717) is 58.1 Å². The number of amides is 1. The number of hydrogen-bond donors (Lipinski definition) is 0. The summed E-state index contributed by atoms with van der Waals surface area (Å²) < 4.78 is 51.6. The van der Waals surface area contributed by atoms with Crippen LogP contribution < -0.4 is 4.90 Å². The smallest absolute Gasteiger partial charge is 0.382 e. The summed E-state index contributed by atoms with van der Waals surface area (Å²) in [4.78, 5) is 16.7. The van der Waals surface area contributed by atoms with Crippen LogP contribution in [-0.2, 0) is 20.4 Å². The first-order valence-corrected chi connectivity index (χ1v) is 12.1. The average molecular weight is 496 g/mol. The molecule has 1 unspecified atom stereocenters.